The summed E-state index contributed by atoms with van der Waals surface area (Å²) in [5.41, 5.74) is 2.10. The Morgan fingerprint density at radius 1 is 1.45 bits per heavy atom. The normalized spacial score (nSPS) is 27.0. The molecule has 1 heterocycles. The lowest BCUT2D eigenvalue weighted by molar-refractivity contribution is -0.139. The first kappa shape index (κ1) is 16.7. The van der Waals surface area contributed by atoms with Gasteiger partial charge in [-0.3, -0.25) is 4.79 Å². The lowest BCUT2D eigenvalue weighted by Gasteiger charge is -2.21. The van der Waals surface area contributed by atoms with Crippen LogP contribution in [0.15, 0.2) is 36.0 Å². The van der Waals surface area contributed by atoms with Gasteiger partial charge >= 0.3 is 5.97 Å². The van der Waals surface area contributed by atoms with Gasteiger partial charge < -0.3 is 9.47 Å². The monoisotopic (exact) mass is 278 g/mol. The van der Waals surface area contributed by atoms with Crippen LogP contribution in [0.3, 0.4) is 0 Å². The molecule has 2 unspecified atom stereocenters. The Morgan fingerprint density at radius 3 is 2.70 bits per heavy atom. The van der Waals surface area contributed by atoms with Crippen molar-refractivity contribution in [2.75, 3.05) is 6.61 Å². The first-order chi connectivity index (χ1) is 9.32. The molecule has 0 radical (unpaired) electrons. The van der Waals surface area contributed by atoms with Crippen molar-refractivity contribution in [3.8, 4) is 0 Å². The fourth-order valence-corrected chi connectivity index (χ4v) is 2.21. The van der Waals surface area contributed by atoms with Gasteiger partial charge in [-0.15, -0.1) is 0 Å². The molecule has 2 atom stereocenters. The number of carbonyl (C=O) groups is 1. The standard InChI is InChI=1S/C17H26O3/c1-13(2)16-8-11-17(5,20-16)10-6-7-14(3)9-12-19-15(4)18/h6,9-10,16H,1,7-8,11-12H2,2-5H3/b10-6+,14-9+. The van der Waals surface area contributed by atoms with Gasteiger partial charge in [0.25, 0.3) is 0 Å². The molecule has 1 saturated heterocycles. The molecular weight excluding hydrogens is 252 g/mol. The molecule has 3 nitrogen and oxygen atoms in total. The molecule has 0 spiro atoms. The van der Waals surface area contributed by atoms with E-state index in [0.717, 1.165) is 24.8 Å². The summed E-state index contributed by atoms with van der Waals surface area (Å²) >= 11 is 0. The minimum absolute atomic E-state index is 0.181. The lowest BCUT2D eigenvalue weighted by Crippen LogP contribution is -2.22. The Hall–Kier alpha value is -1.35. The molecule has 3 heteroatoms. The molecule has 0 aromatic carbocycles. The number of esters is 1. The largest absolute Gasteiger partial charge is 0.462 e. The van der Waals surface area contributed by atoms with E-state index in [1.807, 2.05) is 19.9 Å². The lowest BCUT2D eigenvalue weighted by atomic mass is 10.00. The molecule has 0 aliphatic carbocycles. The van der Waals surface area contributed by atoms with Crippen molar-refractivity contribution in [2.45, 2.75) is 58.7 Å². The van der Waals surface area contributed by atoms with Crippen molar-refractivity contribution < 1.29 is 14.3 Å². The zero-order valence-electron chi connectivity index (χ0n) is 13.1. The van der Waals surface area contributed by atoms with Crippen LogP contribution in [0.1, 0.15) is 47.0 Å². The van der Waals surface area contributed by atoms with Crippen molar-refractivity contribution in [1.29, 1.82) is 0 Å². The van der Waals surface area contributed by atoms with Crippen LogP contribution in [-0.4, -0.2) is 24.3 Å². The zero-order chi connectivity index (χ0) is 15.2. The maximum Gasteiger partial charge on any atom is 0.302 e. The fraction of sp³-hybridized carbons (Fsp3) is 0.588. The van der Waals surface area contributed by atoms with Crippen molar-refractivity contribution >= 4 is 5.97 Å². The van der Waals surface area contributed by atoms with Crippen molar-refractivity contribution in [2.24, 2.45) is 0 Å². The minimum atomic E-state index is -0.248. The molecule has 1 rings (SSSR count). The van der Waals surface area contributed by atoms with E-state index in [1.165, 1.54) is 12.5 Å². The highest BCUT2D eigenvalue weighted by Crippen LogP contribution is 2.34. The van der Waals surface area contributed by atoms with Crippen molar-refractivity contribution in [3.63, 3.8) is 0 Å². The molecule has 0 aromatic rings. The summed E-state index contributed by atoms with van der Waals surface area (Å²) in [6.45, 7) is 11.9. The van der Waals surface area contributed by atoms with Crippen LogP contribution in [0.2, 0.25) is 0 Å². The summed E-state index contributed by atoms with van der Waals surface area (Å²) < 4.78 is 10.9. The summed E-state index contributed by atoms with van der Waals surface area (Å²) in [6.07, 6.45) is 9.29. The van der Waals surface area contributed by atoms with Crippen molar-refractivity contribution in [3.05, 3.63) is 36.0 Å². The van der Waals surface area contributed by atoms with E-state index >= 15 is 0 Å². The van der Waals surface area contributed by atoms with Crippen LogP contribution in [0.5, 0.6) is 0 Å². The topological polar surface area (TPSA) is 35.5 Å². The van der Waals surface area contributed by atoms with Crippen LogP contribution in [0.25, 0.3) is 0 Å². The van der Waals surface area contributed by atoms with Gasteiger partial charge in [-0.25, -0.2) is 0 Å². The molecule has 20 heavy (non-hydrogen) atoms. The summed E-state index contributed by atoms with van der Waals surface area (Å²) in [6, 6.07) is 0. The Balaban J connectivity index is 2.41. The smallest absolute Gasteiger partial charge is 0.302 e. The zero-order valence-corrected chi connectivity index (χ0v) is 13.1. The molecule has 1 aliphatic heterocycles. The molecular formula is C17H26O3. The number of ether oxygens (including phenoxy) is 2. The van der Waals surface area contributed by atoms with E-state index in [1.54, 1.807) is 0 Å². The van der Waals surface area contributed by atoms with Gasteiger partial charge in [0.2, 0.25) is 0 Å². The first-order valence-corrected chi connectivity index (χ1v) is 7.12. The van der Waals surface area contributed by atoms with Gasteiger partial charge in [0.1, 0.15) is 6.61 Å². The van der Waals surface area contributed by atoms with Crippen LogP contribution >= 0.6 is 0 Å². The molecule has 0 amide bonds. The van der Waals surface area contributed by atoms with E-state index in [0.29, 0.717) is 6.61 Å². The minimum Gasteiger partial charge on any atom is -0.462 e. The highest BCUT2D eigenvalue weighted by atomic mass is 16.5. The average molecular weight is 278 g/mol. The summed E-state index contributed by atoms with van der Waals surface area (Å²) in [5, 5.41) is 0. The van der Waals surface area contributed by atoms with Crippen molar-refractivity contribution in [1.82, 2.24) is 0 Å². The molecule has 0 saturated carbocycles. The first-order valence-electron chi connectivity index (χ1n) is 7.12. The van der Waals surface area contributed by atoms with Crippen LogP contribution in [-0.2, 0) is 14.3 Å². The molecule has 1 fully saturated rings. The quantitative estimate of drug-likeness (QED) is 0.545. The Labute approximate surface area is 122 Å². The number of hydrogen-bond acceptors (Lipinski definition) is 3. The third kappa shape index (κ3) is 5.74. The SMILES string of the molecule is C=C(C)C1CCC(C)(/C=C/C/C(C)=C/COC(C)=O)O1. The van der Waals surface area contributed by atoms with Gasteiger partial charge in [0.05, 0.1) is 11.7 Å². The summed E-state index contributed by atoms with van der Waals surface area (Å²) in [4.78, 5) is 10.7. The molecule has 0 aromatic heterocycles. The van der Waals surface area contributed by atoms with Crippen LogP contribution in [0.4, 0.5) is 0 Å². The van der Waals surface area contributed by atoms with E-state index in [-0.39, 0.29) is 17.7 Å². The summed E-state index contributed by atoms with van der Waals surface area (Å²) in [7, 11) is 0. The maximum atomic E-state index is 10.7. The fourth-order valence-electron chi connectivity index (χ4n) is 2.21. The molecule has 1 aliphatic rings. The van der Waals surface area contributed by atoms with E-state index < -0.39 is 0 Å². The second-order valence-electron chi connectivity index (χ2n) is 5.76. The van der Waals surface area contributed by atoms with E-state index in [4.69, 9.17) is 9.47 Å². The number of rotatable bonds is 6. The van der Waals surface area contributed by atoms with Gasteiger partial charge in [0.15, 0.2) is 0 Å². The highest BCUT2D eigenvalue weighted by Gasteiger charge is 2.33. The Morgan fingerprint density at radius 2 is 2.15 bits per heavy atom. The van der Waals surface area contributed by atoms with Gasteiger partial charge in [-0.2, -0.15) is 0 Å². The summed E-state index contributed by atoms with van der Waals surface area (Å²) in [5.74, 6) is -0.248. The number of carbonyl (C=O) groups excluding carboxylic acids is 1. The second-order valence-corrected chi connectivity index (χ2v) is 5.76. The predicted molar refractivity (Wildman–Crippen MR) is 81.5 cm³/mol. The van der Waals surface area contributed by atoms with E-state index in [9.17, 15) is 4.79 Å². The number of hydrogen-bond donors (Lipinski definition) is 0. The molecule has 0 bridgehead atoms. The van der Waals surface area contributed by atoms with Gasteiger partial charge in [0, 0.05) is 6.92 Å². The Kier molecular flexibility index (Phi) is 6.21. The molecule has 112 valence electrons. The second kappa shape index (κ2) is 7.44. The average Bonchev–Trinajstić information content (AvgIpc) is 2.72. The maximum absolute atomic E-state index is 10.7. The predicted octanol–water partition coefficient (Wildman–Crippen LogP) is 3.96. The van der Waals surface area contributed by atoms with Gasteiger partial charge in [-0.1, -0.05) is 29.9 Å². The van der Waals surface area contributed by atoms with Crippen LogP contribution < -0.4 is 0 Å². The highest BCUT2D eigenvalue weighted by molar-refractivity contribution is 5.66. The van der Waals surface area contributed by atoms with Gasteiger partial charge in [-0.05, 0) is 46.1 Å². The van der Waals surface area contributed by atoms with E-state index in [2.05, 4.69) is 25.7 Å². The third-order valence-corrected chi connectivity index (χ3v) is 3.49. The number of allylic oxidation sites excluding steroid dienone is 2. The third-order valence-electron chi connectivity index (χ3n) is 3.49. The Bertz CT molecular complexity index is 420. The van der Waals surface area contributed by atoms with Crippen LogP contribution in [0, 0.1) is 0 Å². The molecule has 0 N–H and O–H groups in total.